The third-order valence-electron chi connectivity index (χ3n) is 2.95. The van der Waals surface area contributed by atoms with Crippen LogP contribution >= 0.6 is 23.5 Å². The molecule has 0 bridgehead atoms. The van der Waals surface area contributed by atoms with E-state index >= 15 is 0 Å². The lowest BCUT2D eigenvalue weighted by Crippen LogP contribution is -2.38. The third kappa shape index (κ3) is 6.58. The molecule has 1 rings (SSSR count). The molecule has 1 atom stereocenters. The van der Waals surface area contributed by atoms with Gasteiger partial charge in [0.05, 0.1) is 38.1 Å². The van der Waals surface area contributed by atoms with Crippen LogP contribution in [0.1, 0.15) is 11.3 Å². The molecule has 1 unspecified atom stereocenters. The molecule has 9 heteroatoms. The molecule has 2 N–H and O–H groups in total. The quantitative estimate of drug-likeness (QED) is 0.361. The molecule has 134 valence electrons. The van der Waals surface area contributed by atoms with Crippen LogP contribution in [0.2, 0.25) is 0 Å². The summed E-state index contributed by atoms with van der Waals surface area (Å²) in [6.07, 6.45) is 4.98. The lowest BCUT2D eigenvalue weighted by Gasteiger charge is -2.14. The molecule has 1 aromatic rings. The van der Waals surface area contributed by atoms with E-state index in [2.05, 4.69) is 15.3 Å². The number of aromatic nitrogens is 2. The molecular weight excluding hydrogens is 350 g/mol. The van der Waals surface area contributed by atoms with Crippen molar-refractivity contribution < 1.29 is 19.4 Å². The van der Waals surface area contributed by atoms with E-state index < -0.39 is 0 Å². The van der Waals surface area contributed by atoms with Crippen molar-refractivity contribution in [2.75, 3.05) is 37.9 Å². The summed E-state index contributed by atoms with van der Waals surface area (Å²) in [6.45, 7) is 1.68. The van der Waals surface area contributed by atoms with Crippen molar-refractivity contribution in [2.24, 2.45) is 0 Å². The Hall–Kier alpha value is -1.45. The normalized spacial score (nSPS) is 12.2. The maximum Gasteiger partial charge on any atom is 0.319 e. The molecule has 1 aromatic heterocycles. The molecule has 0 aromatic carbocycles. The topological polar surface area (TPSA) is 93.6 Å². The number of thioether (sulfide) groups is 2. The number of aryl methyl sites for hydroxylation is 1. The average molecular weight is 374 g/mol. The van der Waals surface area contributed by atoms with E-state index in [4.69, 9.17) is 9.47 Å². The van der Waals surface area contributed by atoms with Crippen LogP contribution in [0.15, 0.2) is 6.08 Å². The second-order valence-electron chi connectivity index (χ2n) is 4.72. The fraction of sp³-hybridized carbons (Fsp3) is 0.533. The van der Waals surface area contributed by atoms with Crippen LogP contribution < -0.4 is 14.8 Å². The van der Waals surface area contributed by atoms with E-state index in [1.54, 1.807) is 36.5 Å². The van der Waals surface area contributed by atoms with Crippen LogP contribution in [-0.4, -0.2) is 64.9 Å². The van der Waals surface area contributed by atoms with Gasteiger partial charge in [0.2, 0.25) is 11.8 Å². The Labute approximate surface area is 150 Å². The van der Waals surface area contributed by atoms with E-state index in [1.165, 1.54) is 20.3 Å². The summed E-state index contributed by atoms with van der Waals surface area (Å²) in [6, 6.07) is -0.0773. The second-order valence-corrected chi connectivity index (χ2v) is 6.98. The lowest BCUT2D eigenvalue weighted by atomic mass is 10.2. The van der Waals surface area contributed by atoms with Crippen LogP contribution in [-0.2, 0) is 4.79 Å². The number of nitrogens with zero attached hydrogens (tertiary/aromatic N) is 2. The zero-order valence-electron chi connectivity index (χ0n) is 14.2. The van der Waals surface area contributed by atoms with E-state index in [0.29, 0.717) is 22.9 Å². The minimum absolute atomic E-state index is 0.102. The predicted octanol–water partition coefficient (Wildman–Crippen LogP) is 1.35. The van der Waals surface area contributed by atoms with Gasteiger partial charge in [-0.25, -0.2) is 0 Å². The molecule has 24 heavy (non-hydrogen) atoms. The smallest absolute Gasteiger partial charge is 0.319 e. The van der Waals surface area contributed by atoms with Gasteiger partial charge < -0.3 is 19.9 Å². The monoisotopic (exact) mass is 373 g/mol. The van der Waals surface area contributed by atoms with Crippen LogP contribution in [0.4, 0.5) is 0 Å². The Morgan fingerprint density at radius 1 is 1.38 bits per heavy atom. The lowest BCUT2D eigenvalue weighted by molar-refractivity contribution is -0.117. The molecular formula is C15H23N3O4S2. The van der Waals surface area contributed by atoms with Crippen molar-refractivity contribution >= 4 is 35.5 Å². The minimum atomic E-state index is -0.295. The fourth-order valence-electron chi connectivity index (χ4n) is 1.79. The summed E-state index contributed by atoms with van der Waals surface area (Å²) >= 11 is 3.37. The molecule has 0 fully saturated rings. The van der Waals surface area contributed by atoms with Crippen molar-refractivity contribution in [1.82, 2.24) is 15.3 Å². The number of carbonyl (C=O) groups is 1. The Bertz CT molecular complexity index is 570. The van der Waals surface area contributed by atoms with E-state index in [9.17, 15) is 9.90 Å². The highest BCUT2D eigenvalue weighted by Crippen LogP contribution is 2.22. The average Bonchev–Trinajstić information content (AvgIpc) is 2.59. The molecule has 0 aliphatic heterocycles. The molecule has 0 aliphatic rings. The van der Waals surface area contributed by atoms with Gasteiger partial charge in [-0.05, 0) is 19.3 Å². The minimum Gasteiger partial charge on any atom is -0.480 e. The number of aliphatic hydroxyl groups is 1. The van der Waals surface area contributed by atoms with Gasteiger partial charge in [-0.1, -0.05) is 0 Å². The summed E-state index contributed by atoms with van der Waals surface area (Å²) < 4.78 is 10.2. The summed E-state index contributed by atoms with van der Waals surface area (Å²) in [5, 5.41) is 13.0. The first kappa shape index (κ1) is 20.6. The van der Waals surface area contributed by atoms with Gasteiger partial charge in [0.15, 0.2) is 0 Å². The first-order valence-corrected chi connectivity index (χ1v) is 9.73. The predicted molar refractivity (Wildman–Crippen MR) is 98.8 cm³/mol. The highest BCUT2D eigenvalue weighted by Gasteiger charge is 2.12. The van der Waals surface area contributed by atoms with Crippen molar-refractivity contribution in [2.45, 2.75) is 13.0 Å². The Balaban J connectivity index is 2.75. The Morgan fingerprint density at radius 2 is 2.12 bits per heavy atom. The largest absolute Gasteiger partial charge is 0.480 e. The summed E-state index contributed by atoms with van der Waals surface area (Å²) in [5.41, 5.74) is 1.24. The number of carbonyl (C=O) groups excluding carboxylic acids is 1. The van der Waals surface area contributed by atoms with Crippen molar-refractivity contribution in [3.63, 3.8) is 0 Å². The van der Waals surface area contributed by atoms with E-state index in [-0.39, 0.29) is 24.6 Å². The van der Waals surface area contributed by atoms with Crippen molar-refractivity contribution in [3.8, 4) is 11.9 Å². The Morgan fingerprint density at radius 3 is 2.71 bits per heavy atom. The van der Waals surface area contributed by atoms with Gasteiger partial charge in [-0.15, -0.1) is 11.8 Å². The van der Waals surface area contributed by atoms with Gasteiger partial charge in [0, 0.05) is 16.9 Å². The molecule has 7 nitrogen and oxygen atoms in total. The summed E-state index contributed by atoms with van der Waals surface area (Å²) in [4.78, 5) is 20.3. The molecule has 0 saturated heterocycles. The third-order valence-corrected chi connectivity index (χ3v) is 5.19. The molecule has 0 spiro atoms. The molecule has 0 radical (unpaired) electrons. The number of hydrogen-bond acceptors (Lipinski definition) is 8. The van der Waals surface area contributed by atoms with Crippen molar-refractivity contribution in [3.05, 3.63) is 17.3 Å². The van der Waals surface area contributed by atoms with Gasteiger partial charge in [0.25, 0.3) is 0 Å². The van der Waals surface area contributed by atoms with Gasteiger partial charge in [-0.2, -0.15) is 21.7 Å². The maximum absolute atomic E-state index is 12.0. The number of aliphatic hydroxyl groups excluding tert-OH is 1. The SMILES string of the molecule is COc1nc(C)c(/C=C/C(=O)NC(CO)CSCSC)c(OC)n1. The van der Waals surface area contributed by atoms with Gasteiger partial charge >= 0.3 is 6.01 Å². The molecule has 0 saturated carbocycles. The maximum atomic E-state index is 12.0. The number of hydrogen-bond donors (Lipinski definition) is 2. The van der Waals surface area contributed by atoms with Crippen LogP contribution in [0, 0.1) is 6.92 Å². The summed E-state index contributed by atoms with van der Waals surface area (Å²) in [5.74, 6) is 0.693. The fourth-order valence-corrected chi connectivity index (χ4v) is 3.32. The number of rotatable bonds is 10. The molecule has 1 heterocycles. The molecule has 0 aliphatic carbocycles. The van der Waals surface area contributed by atoms with Crippen LogP contribution in [0.25, 0.3) is 6.08 Å². The highest BCUT2D eigenvalue weighted by atomic mass is 32.2. The Kier molecular flexibility index (Phi) is 9.58. The first-order chi connectivity index (χ1) is 11.5. The van der Waals surface area contributed by atoms with E-state index in [1.807, 2.05) is 6.26 Å². The summed E-state index contributed by atoms with van der Waals surface area (Å²) in [7, 11) is 2.96. The van der Waals surface area contributed by atoms with Crippen LogP contribution in [0.3, 0.4) is 0 Å². The van der Waals surface area contributed by atoms with Crippen molar-refractivity contribution in [1.29, 1.82) is 0 Å². The second kappa shape index (κ2) is 11.2. The van der Waals surface area contributed by atoms with Gasteiger partial charge in [-0.3, -0.25) is 4.79 Å². The standard InChI is InChI=1S/C15H23N3O4S2/c1-10-12(14(21-2)18-15(16-10)22-3)5-6-13(20)17-11(7-19)8-24-9-23-4/h5-6,11,19H,7-9H2,1-4H3,(H,17,20)/b6-5+. The van der Waals surface area contributed by atoms with Gasteiger partial charge in [0.1, 0.15) is 0 Å². The first-order valence-electron chi connectivity index (χ1n) is 7.18. The zero-order chi connectivity index (χ0) is 17.9. The van der Waals surface area contributed by atoms with E-state index in [0.717, 1.165) is 5.08 Å². The molecule has 1 amide bonds. The number of ether oxygens (including phenoxy) is 2. The number of nitrogens with one attached hydrogen (secondary N) is 1. The number of amides is 1. The zero-order valence-corrected chi connectivity index (χ0v) is 15.9. The highest BCUT2D eigenvalue weighted by molar-refractivity contribution is 8.15. The van der Waals surface area contributed by atoms with Crippen LogP contribution in [0.5, 0.6) is 11.9 Å². The number of methoxy groups -OCH3 is 2.